The van der Waals surface area contributed by atoms with E-state index in [1.54, 1.807) is 35.0 Å². The number of nitrogens with two attached hydrogens (primary N) is 2. The quantitative estimate of drug-likeness (QED) is 0.0903. The molecule has 0 aliphatic carbocycles. The van der Waals surface area contributed by atoms with Gasteiger partial charge < -0.3 is 21.1 Å². The molecule has 1 heterocycles. The molecule has 0 fully saturated rings. The lowest BCUT2D eigenvalue weighted by molar-refractivity contribution is -0.137. The average Bonchev–Trinajstić information content (AvgIpc) is 3.29. The summed E-state index contributed by atoms with van der Waals surface area (Å²) in [6.45, 7) is 12.0. The van der Waals surface area contributed by atoms with E-state index in [-0.39, 0.29) is 30.1 Å². The van der Waals surface area contributed by atoms with Crippen LogP contribution in [0.1, 0.15) is 63.3 Å². The highest BCUT2D eigenvalue weighted by molar-refractivity contribution is 6.06. The normalized spacial score (nSPS) is 12.8. The Hall–Kier alpha value is -4.03. The van der Waals surface area contributed by atoms with Gasteiger partial charge in [-0.05, 0) is 56.0 Å². The van der Waals surface area contributed by atoms with Gasteiger partial charge in [0.15, 0.2) is 0 Å². The van der Waals surface area contributed by atoms with Gasteiger partial charge in [0, 0.05) is 54.5 Å². The molecule has 0 radical (unpaired) electrons. The number of aromatic nitrogens is 2. The minimum atomic E-state index is -4.64. The summed E-state index contributed by atoms with van der Waals surface area (Å²) in [7, 11) is 1.79. The lowest BCUT2D eigenvalue weighted by Crippen LogP contribution is -2.28. The number of unbranched alkanes of at least 4 members (excludes halogenated alkanes) is 1. The molecule has 0 unspecified atom stereocenters. The summed E-state index contributed by atoms with van der Waals surface area (Å²) in [5, 5.41) is 17.6. The van der Waals surface area contributed by atoms with E-state index >= 15 is 0 Å². The molecule has 0 atom stereocenters. The second-order valence-electron chi connectivity index (χ2n) is 10.1. The Balaban J connectivity index is 2.55. The van der Waals surface area contributed by atoms with Crippen molar-refractivity contribution in [2.24, 2.45) is 18.6 Å². The van der Waals surface area contributed by atoms with Crippen molar-refractivity contribution in [3.8, 4) is 0 Å². The Labute approximate surface area is 252 Å². The lowest BCUT2D eigenvalue weighted by atomic mass is 10.1. The van der Waals surface area contributed by atoms with Crippen LogP contribution in [0.2, 0.25) is 0 Å². The molecule has 43 heavy (non-hydrogen) atoms. The first-order chi connectivity index (χ1) is 20.3. The molecule has 0 bridgehead atoms. The number of hydrogen-bond donors (Lipinski definition) is 4. The highest BCUT2D eigenvalue weighted by Gasteiger charge is 2.32. The molecular weight excluding hydrogens is 559 g/mol. The van der Waals surface area contributed by atoms with Gasteiger partial charge in [-0.25, -0.2) is 5.84 Å². The standard InChI is InChI=1S/C31H44F3N7O2/c1-7-10-11-23(15-29(21(4)9-3)41(36)20-28(35)27-19-37-39(6)22(27)5)30(43)38-25-16-24(31(32,33)34)17-26(18-25)40(12-8-2)13-14-42/h11,15-20,42H,4,7-10,12-14,35-36H2,1-3,5-6H3,(H,38,43)/b23-11+,28-20-,29-15+. The van der Waals surface area contributed by atoms with Crippen LogP contribution < -0.4 is 21.8 Å². The maximum absolute atomic E-state index is 13.8. The Morgan fingerprint density at radius 2 is 1.88 bits per heavy atom. The number of benzene rings is 1. The van der Waals surface area contributed by atoms with E-state index in [0.29, 0.717) is 48.3 Å². The van der Waals surface area contributed by atoms with E-state index < -0.39 is 17.6 Å². The highest BCUT2D eigenvalue weighted by atomic mass is 19.4. The zero-order valence-corrected chi connectivity index (χ0v) is 25.6. The third-order valence-corrected chi connectivity index (χ3v) is 6.83. The van der Waals surface area contributed by atoms with E-state index in [2.05, 4.69) is 17.0 Å². The van der Waals surface area contributed by atoms with Crippen LogP contribution in [-0.2, 0) is 18.0 Å². The second-order valence-corrected chi connectivity index (χ2v) is 10.1. The number of aliphatic hydroxyl groups is 1. The average molecular weight is 604 g/mol. The van der Waals surface area contributed by atoms with Crippen LogP contribution in [0.15, 0.2) is 66.2 Å². The maximum atomic E-state index is 13.8. The Bertz CT molecular complexity index is 1350. The summed E-state index contributed by atoms with van der Waals surface area (Å²) in [6.07, 6.45) is 4.19. The molecule has 236 valence electrons. The van der Waals surface area contributed by atoms with E-state index in [0.717, 1.165) is 24.2 Å². The number of nitrogens with zero attached hydrogens (tertiary/aromatic N) is 4. The van der Waals surface area contributed by atoms with E-state index in [1.165, 1.54) is 17.3 Å². The number of allylic oxidation sites excluding steroid dienone is 2. The number of amides is 1. The second kappa shape index (κ2) is 16.0. The number of rotatable bonds is 15. The smallest absolute Gasteiger partial charge is 0.397 e. The molecule has 6 N–H and O–H groups in total. The van der Waals surface area contributed by atoms with Crippen LogP contribution in [0.25, 0.3) is 5.70 Å². The minimum absolute atomic E-state index is 0.0265. The number of aliphatic hydroxyl groups excluding tert-OH is 1. The van der Waals surface area contributed by atoms with Gasteiger partial charge >= 0.3 is 6.18 Å². The molecule has 0 spiro atoms. The van der Waals surface area contributed by atoms with Crippen molar-refractivity contribution in [1.29, 1.82) is 0 Å². The summed E-state index contributed by atoms with van der Waals surface area (Å²) in [5.74, 6) is 5.79. The lowest BCUT2D eigenvalue weighted by Gasteiger charge is -2.25. The van der Waals surface area contributed by atoms with Crippen molar-refractivity contribution < 1.29 is 23.1 Å². The van der Waals surface area contributed by atoms with Gasteiger partial charge in [0.2, 0.25) is 0 Å². The Kier molecular flexibility index (Phi) is 13.1. The van der Waals surface area contributed by atoms with Crippen LogP contribution in [0.5, 0.6) is 0 Å². The van der Waals surface area contributed by atoms with Crippen molar-refractivity contribution in [3.63, 3.8) is 0 Å². The van der Waals surface area contributed by atoms with Gasteiger partial charge in [0.05, 0.1) is 29.8 Å². The molecule has 2 aromatic rings. The summed E-state index contributed by atoms with van der Waals surface area (Å²) in [4.78, 5) is 15.2. The number of hydrazine groups is 1. The van der Waals surface area contributed by atoms with Gasteiger partial charge in [0.1, 0.15) is 0 Å². The van der Waals surface area contributed by atoms with Crippen molar-refractivity contribution in [1.82, 2.24) is 14.8 Å². The predicted molar refractivity (Wildman–Crippen MR) is 166 cm³/mol. The van der Waals surface area contributed by atoms with Crippen molar-refractivity contribution in [2.45, 2.75) is 59.6 Å². The number of hydrogen-bond acceptors (Lipinski definition) is 7. The molecule has 0 saturated carbocycles. The van der Waals surface area contributed by atoms with Crippen LogP contribution in [0, 0.1) is 6.92 Å². The Morgan fingerprint density at radius 3 is 2.42 bits per heavy atom. The number of anilines is 2. The molecule has 0 saturated heterocycles. The molecule has 1 aromatic heterocycles. The number of halogens is 3. The molecule has 1 amide bonds. The number of carbonyl (C=O) groups excluding carboxylic acids is 1. The predicted octanol–water partition coefficient (Wildman–Crippen LogP) is 5.60. The summed E-state index contributed by atoms with van der Waals surface area (Å²) in [5.41, 5.74) is 8.73. The first-order valence-electron chi connectivity index (χ1n) is 14.3. The zero-order chi connectivity index (χ0) is 32.3. The Morgan fingerprint density at radius 1 is 1.19 bits per heavy atom. The third kappa shape index (κ3) is 9.75. The van der Waals surface area contributed by atoms with Gasteiger partial charge in [0.25, 0.3) is 5.91 Å². The van der Waals surface area contributed by atoms with Gasteiger partial charge in [-0.3, -0.25) is 14.5 Å². The molecule has 0 aliphatic rings. The molecule has 9 nitrogen and oxygen atoms in total. The van der Waals surface area contributed by atoms with Gasteiger partial charge in [-0.2, -0.15) is 18.3 Å². The van der Waals surface area contributed by atoms with E-state index in [4.69, 9.17) is 11.6 Å². The number of aryl methyl sites for hydroxylation is 1. The van der Waals surface area contributed by atoms with Crippen LogP contribution >= 0.6 is 0 Å². The molecular formula is C31H44F3N7O2. The minimum Gasteiger partial charge on any atom is -0.397 e. The fraction of sp³-hybridized carbons (Fsp3) is 0.419. The SMILES string of the molecule is C=C(CC)/C(=C\C(=C/CCC)C(=O)Nc1cc(N(CCC)CCO)cc(C(F)(F)F)c1)N(N)/C=C(\N)c1cnn(C)c1C. The summed E-state index contributed by atoms with van der Waals surface area (Å²) >= 11 is 0. The fourth-order valence-electron chi connectivity index (χ4n) is 4.27. The highest BCUT2D eigenvalue weighted by Crippen LogP contribution is 2.35. The maximum Gasteiger partial charge on any atom is 0.416 e. The number of alkyl halides is 3. The molecule has 0 aliphatic heterocycles. The van der Waals surface area contributed by atoms with Crippen LogP contribution in [-0.4, -0.2) is 45.5 Å². The largest absolute Gasteiger partial charge is 0.416 e. The van der Waals surface area contributed by atoms with Gasteiger partial charge in [-0.1, -0.05) is 39.8 Å². The summed E-state index contributed by atoms with van der Waals surface area (Å²) < 4.78 is 43.2. The number of carbonyl (C=O) groups is 1. The fourth-order valence-corrected chi connectivity index (χ4v) is 4.27. The number of nitrogens with one attached hydrogen (secondary N) is 1. The topological polar surface area (TPSA) is 126 Å². The summed E-state index contributed by atoms with van der Waals surface area (Å²) in [6, 6.07) is 3.39. The van der Waals surface area contributed by atoms with Crippen molar-refractivity contribution >= 4 is 23.0 Å². The molecule has 1 aromatic carbocycles. The first-order valence-corrected chi connectivity index (χ1v) is 14.3. The monoisotopic (exact) mass is 603 g/mol. The van der Waals surface area contributed by atoms with Crippen molar-refractivity contribution in [2.75, 3.05) is 29.9 Å². The van der Waals surface area contributed by atoms with E-state index in [1.807, 2.05) is 27.7 Å². The zero-order valence-electron chi connectivity index (χ0n) is 25.6. The first kappa shape index (κ1) is 35.2. The third-order valence-electron chi connectivity index (χ3n) is 6.83. The van der Waals surface area contributed by atoms with E-state index in [9.17, 15) is 23.1 Å². The van der Waals surface area contributed by atoms with Gasteiger partial charge in [-0.15, -0.1) is 0 Å². The van der Waals surface area contributed by atoms with Crippen molar-refractivity contribution in [3.05, 3.63) is 83.0 Å². The van der Waals surface area contributed by atoms with Crippen LogP contribution in [0.3, 0.4) is 0 Å². The molecule has 12 heteroatoms. The van der Waals surface area contributed by atoms with Crippen LogP contribution in [0.4, 0.5) is 24.5 Å². The molecule has 2 rings (SSSR count).